The number of hydrogen-bond donors (Lipinski definition) is 2. The zero-order valence-corrected chi connectivity index (χ0v) is 39.9. The van der Waals surface area contributed by atoms with Gasteiger partial charge in [-0.3, -0.25) is 19.2 Å². The van der Waals surface area contributed by atoms with E-state index in [1.807, 2.05) is 26.5 Å². The number of carbonyl (C=O) groups excluding carboxylic acids is 4. The number of esters is 1. The molecule has 0 bridgehead atoms. The number of hydrogen-bond acceptors (Lipinski definition) is 7. The quantitative estimate of drug-likeness (QED) is 0.0456. The molecule has 336 valence electrons. The fourth-order valence-corrected chi connectivity index (χ4v) is 15.3. The molecule has 4 aliphatic carbocycles. The van der Waals surface area contributed by atoms with Gasteiger partial charge in [-0.05, 0) is 130 Å². The summed E-state index contributed by atoms with van der Waals surface area (Å²) in [6, 6.07) is 0.103. The molecule has 3 unspecified atom stereocenters. The van der Waals surface area contributed by atoms with Gasteiger partial charge in [0.1, 0.15) is 6.10 Å². The summed E-state index contributed by atoms with van der Waals surface area (Å²) in [4.78, 5) is 51.3. The molecule has 3 saturated carbocycles. The number of nitrogens with zero attached hydrogens (tertiary/aromatic N) is 1. The molecule has 4 fully saturated rings. The smallest absolute Gasteiger partial charge is 0.306 e. The van der Waals surface area contributed by atoms with Crippen molar-refractivity contribution in [2.24, 2.45) is 46.3 Å². The van der Waals surface area contributed by atoms with Crippen molar-refractivity contribution in [3.05, 3.63) is 11.6 Å². The number of ether oxygens (including phenoxy) is 1. The molecule has 2 N–H and O–H groups in total. The maximum Gasteiger partial charge on any atom is 0.306 e. The van der Waals surface area contributed by atoms with Crippen LogP contribution in [0.3, 0.4) is 0 Å². The third-order valence-electron chi connectivity index (χ3n) is 16.0. The van der Waals surface area contributed by atoms with E-state index < -0.39 is 0 Å². The lowest BCUT2D eigenvalue weighted by molar-refractivity contribution is -0.149. The summed E-state index contributed by atoms with van der Waals surface area (Å²) in [5.41, 5.74) is 2.71. The van der Waals surface area contributed by atoms with Crippen molar-refractivity contribution in [3.63, 3.8) is 0 Å². The van der Waals surface area contributed by atoms with Gasteiger partial charge in [0.2, 0.25) is 17.7 Å². The van der Waals surface area contributed by atoms with Crippen molar-refractivity contribution < 1.29 is 23.9 Å². The van der Waals surface area contributed by atoms with Crippen LogP contribution in [0, 0.1) is 46.3 Å². The Balaban J connectivity index is 0.920. The molecule has 0 aromatic carbocycles. The van der Waals surface area contributed by atoms with Gasteiger partial charge < -0.3 is 20.3 Å². The Labute approximate surface area is 367 Å². The van der Waals surface area contributed by atoms with E-state index in [1.54, 1.807) is 12.6 Å². The Bertz CT molecular complexity index is 1420. The number of nitrogens with one attached hydrogen (secondary N) is 2. The predicted octanol–water partition coefficient (Wildman–Crippen LogP) is 11.1. The molecule has 0 aromatic heterocycles. The van der Waals surface area contributed by atoms with E-state index in [9.17, 15) is 19.2 Å². The molecule has 10 heteroatoms. The number of likely N-dealkylation sites (tertiary alicyclic amines) is 1. The van der Waals surface area contributed by atoms with E-state index >= 15 is 0 Å². The van der Waals surface area contributed by atoms with Gasteiger partial charge in [0.05, 0.1) is 6.54 Å². The van der Waals surface area contributed by atoms with Gasteiger partial charge in [0.15, 0.2) is 0 Å². The molecule has 3 amide bonds. The predicted molar refractivity (Wildman–Crippen MR) is 246 cm³/mol. The second-order valence-electron chi connectivity index (χ2n) is 20.3. The monoisotopic (exact) mass is 858 g/mol. The van der Waals surface area contributed by atoms with Gasteiger partial charge in [0, 0.05) is 62.7 Å². The van der Waals surface area contributed by atoms with Crippen LogP contribution in [0.4, 0.5) is 0 Å². The molecule has 0 aromatic rings. The number of amides is 3. The maximum absolute atomic E-state index is 13.1. The third kappa shape index (κ3) is 12.9. The summed E-state index contributed by atoms with van der Waals surface area (Å²) in [6.45, 7) is 15.9. The van der Waals surface area contributed by atoms with Crippen LogP contribution < -0.4 is 10.6 Å². The molecule has 59 heavy (non-hydrogen) atoms. The highest BCUT2D eigenvalue weighted by molar-refractivity contribution is 8.76. The van der Waals surface area contributed by atoms with Crippen molar-refractivity contribution in [2.45, 2.75) is 200 Å². The summed E-state index contributed by atoms with van der Waals surface area (Å²) < 4.78 is 5.69. The van der Waals surface area contributed by atoms with Gasteiger partial charge in [-0.25, -0.2) is 0 Å². The first kappa shape index (κ1) is 48.4. The van der Waals surface area contributed by atoms with Gasteiger partial charge in [-0.2, -0.15) is 0 Å². The number of rotatable bonds is 23. The molecule has 0 spiro atoms. The molecule has 5 aliphatic rings. The number of fused-ring (bicyclic) bond motifs is 5. The Kier molecular flexibility index (Phi) is 19.0. The van der Waals surface area contributed by atoms with Crippen LogP contribution >= 0.6 is 21.6 Å². The molecular formula is C49H83N3O5S2. The highest BCUT2D eigenvalue weighted by atomic mass is 33.1. The lowest BCUT2D eigenvalue weighted by Crippen LogP contribution is -2.50. The SMILES string of the molecule is CC[C@@H]1C[C@@H](OC(=O)CCCCC(=O)NC)CN1C(=O)CCCCCNC(=O)CCSS[C@H]1CC[C@@]2(C)C(=CCC3C2CC[C@@]2(C)C3CC[C@@H]2[C@H](C)CCCC(C)C)C1. The minimum Gasteiger partial charge on any atom is -0.460 e. The van der Waals surface area contributed by atoms with Crippen LogP contribution in [0.25, 0.3) is 0 Å². The number of unbranched alkanes of at least 4 members (excludes halogenated alkanes) is 3. The van der Waals surface area contributed by atoms with E-state index in [2.05, 4.69) is 58.3 Å². The molecular weight excluding hydrogens is 775 g/mol. The summed E-state index contributed by atoms with van der Waals surface area (Å²) in [5.74, 6) is 6.12. The lowest BCUT2D eigenvalue weighted by atomic mass is 9.47. The highest BCUT2D eigenvalue weighted by Crippen LogP contribution is 2.67. The largest absolute Gasteiger partial charge is 0.460 e. The second kappa shape index (κ2) is 23.1. The van der Waals surface area contributed by atoms with E-state index in [0.717, 1.165) is 66.9 Å². The van der Waals surface area contributed by atoms with Crippen molar-refractivity contribution in [1.29, 1.82) is 0 Å². The number of carbonyl (C=O) groups is 4. The Morgan fingerprint density at radius 2 is 1.66 bits per heavy atom. The summed E-state index contributed by atoms with van der Waals surface area (Å²) >= 11 is 0. The van der Waals surface area contributed by atoms with E-state index in [0.29, 0.717) is 74.1 Å². The lowest BCUT2D eigenvalue weighted by Gasteiger charge is -2.58. The zero-order valence-electron chi connectivity index (χ0n) is 38.3. The van der Waals surface area contributed by atoms with Gasteiger partial charge in [-0.15, -0.1) is 0 Å². The Hall–Kier alpha value is -1.68. The first-order chi connectivity index (χ1) is 28.3. The molecule has 1 heterocycles. The van der Waals surface area contributed by atoms with Gasteiger partial charge in [-0.1, -0.05) is 100 Å². The van der Waals surface area contributed by atoms with Crippen LogP contribution in [-0.4, -0.2) is 71.9 Å². The average Bonchev–Trinajstić information content (AvgIpc) is 3.79. The van der Waals surface area contributed by atoms with E-state index in [-0.39, 0.29) is 35.8 Å². The minimum absolute atomic E-state index is 0.0187. The molecule has 5 rings (SSSR count). The molecule has 1 aliphatic heterocycles. The van der Waals surface area contributed by atoms with Crippen LogP contribution in [0.5, 0.6) is 0 Å². The van der Waals surface area contributed by atoms with Crippen molar-refractivity contribution in [2.75, 3.05) is 25.9 Å². The second-order valence-corrected chi connectivity index (χ2v) is 23.1. The molecule has 0 radical (unpaired) electrons. The Morgan fingerprint density at radius 1 is 0.881 bits per heavy atom. The first-order valence-corrected chi connectivity index (χ1v) is 26.6. The maximum atomic E-state index is 13.1. The standard InChI is InChI=1S/C49H83N3O5S2/c1-8-37-32-38(57-47(56)19-12-11-17-44(53)50-7)33-52(37)46(55)18-10-9-13-29-51-45(54)26-30-58-59-39-24-27-48(5)36(31-39)20-21-40-42-23-22-41(35(4)16-14-15-34(2)3)49(42,6)28-25-43(40)48/h20,34-35,37-43H,8-19,21-33H2,1-7H3,(H,50,53)(H,51,54)/t35-,37-,38-,39+,40?,41-,42?,43?,48+,49-/m1/s1. The fourth-order valence-electron chi connectivity index (χ4n) is 12.6. The van der Waals surface area contributed by atoms with Crippen LogP contribution in [-0.2, 0) is 23.9 Å². The minimum atomic E-state index is -0.255. The highest BCUT2D eigenvalue weighted by Gasteiger charge is 2.59. The van der Waals surface area contributed by atoms with Crippen molar-refractivity contribution >= 4 is 45.3 Å². The summed E-state index contributed by atoms with van der Waals surface area (Å²) in [7, 11) is 5.53. The number of allylic oxidation sites excluding steroid dienone is 2. The van der Waals surface area contributed by atoms with Gasteiger partial charge >= 0.3 is 5.97 Å². The zero-order chi connectivity index (χ0) is 42.6. The summed E-state index contributed by atoms with van der Waals surface area (Å²) in [6.07, 6.45) is 24.8. The molecule has 1 saturated heterocycles. The summed E-state index contributed by atoms with van der Waals surface area (Å²) in [5, 5.41) is 6.36. The Morgan fingerprint density at radius 3 is 2.42 bits per heavy atom. The van der Waals surface area contributed by atoms with Crippen molar-refractivity contribution in [1.82, 2.24) is 15.5 Å². The van der Waals surface area contributed by atoms with Crippen molar-refractivity contribution in [3.8, 4) is 0 Å². The van der Waals surface area contributed by atoms with Crippen LogP contribution in [0.1, 0.15) is 183 Å². The molecule has 8 nitrogen and oxygen atoms in total. The van der Waals surface area contributed by atoms with Crippen LogP contribution in [0.2, 0.25) is 0 Å². The fraction of sp³-hybridized carbons (Fsp3) is 0.878. The molecule has 10 atom stereocenters. The normalized spacial score (nSPS) is 31.8. The van der Waals surface area contributed by atoms with E-state index in [1.165, 1.54) is 70.6 Å². The first-order valence-electron chi connectivity index (χ1n) is 24.2. The van der Waals surface area contributed by atoms with Crippen LogP contribution in [0.15, 0.2) is 11.6 Å². The third-order valence-corrected chi connectivity index (χ3v) is 19.0. The topological polar surface area (TPSA) is 105 Å². The van der Waals surface area contributed by atoms with E-state index in [4.69, 9.17) is 4.74 Å². The average molecular weight is 858 g/mol. The van der Waals surface area contributed by atoms with Gasteiger partial charge in [0.25, 0.3) is 0 Å².